The summed E-state index contributed by atoms with van der Waals surface area (Å²) in [6.07, 6.45) is 3.66. The number of nitrogens with zero attached hydrogens (tertiary/aromatic N) is 5. The van der Waals surface area contributed by atoms with E-state index in [-0.39, 0.29) is 30.3 Å². The monoisotopic (exact) mass is 404 g/mol. The molecule has 3 aromatic rings. The lowest BCUT2D eigenvalue weighted by atomic mass is 10.0. The molecular formula is C19H25ClN6O2. The van der Waals surface area contributed by atoms with Crippen molar-refractivity contribution in [3.63, 3.8) is 0 Å². The Morgan fingerprint density at radius 2 is 2.18 bits per heavy atom. The maximum absolute atomic E-state index is 13.6. The summed E-state index contributed by atoms with van der Waals surface area (Å²) in [5, 5.41) is 8.10. The number of aryl methyl sites for hydroxylation is 2. The molecule has 28 heavy (non-hydrogen) atoms. The van der Waals surface area contributed by atoms with Gasteiger partial charge in [0.2, 0.25) is 0 Å². The third kappa shape index (κ3) is 3.38. The molecule has 1 amide bonds. The third-order valence-corrected chi connectivity index (χ3v) is 5.12. The van der Waals surface area contributed by atoms with Crippen LogP contribution >= 0.6 is 12.4 Å². The second-order valence-corrected chi connectivity index (χ2v) is 7.31. The van der Waals surface area contributed by atoms with E-state index in [0.717, 1.165) is 18.1 Å². The molecule has 0 aromatic carbocycles. The molecule has 4 rings (SSSR count). The maximum atomic E-state index is 13.6. The lowest BCUT2D eigenvalue weighted by molar-refractivity contribution is 0.0622. The first-order valence-corrected chi connectivity index (χ1v) is 9.23. The largest absolute Gasteiger partial charge is 0.336 e. The van der Waals surface area contributed by atoms with Crippen LogP contribution in [0.5, 0.6) is 0 Å². The Bertz CT molecular complexity index is 996. The minimum absolute atomic E-state index is 0. The number of aromatic nitrogens is 4. The zero-order chi connectivity index (χ0) is 19.1. The molecule has 0 saturated carbocycles. The number of hydrogen-bond acceptors (Lipinski definition) is 6. The van der Waals surface area contributed by atoms with Gasteiger partial charge in [-0.05, 0) is 18.9 Å². The van der Waals surface area contributed by atoms with Gasteiger partial charge in [-0.3, -0.25) is 4.79 Å². The summed E-state index contributed by atoms with van der Waals surface area (Å²) in [4.78, 5) is 24.5. The summed E-state index contributed by atoms with van der Waals surface area (Å²) in [5.41, 5.74) is 2.53. The number of fused-ring (bicyclic) bond motifs is 1. The fourth-order valence-electron chi connectivity index (χ4n) is 3.61. The number of nitrogens with one attached hydrogen (secondary N) is 1. The van der Waals surface area contributed by atoms with Crippen LogP contribution < -0.4 is 5.32 Å². The van der Waals surface area contributed by atoms with Crippen LogP contribution in [0.1, 0.15) is 53.4 Å². The SMILES string of the molecule is Cc1noc2nc(C(C)C)cc(C(=O)N3CCNCC3c3nccn3C)c12.Cl. The fourth-order valence-corrected chi connectivity index (χ4v) is 3.61. The zero-order valence-corrected chi connectivity index (χ0v) is 17.3. The van der Waals surface area contributed by atoms with Crippen molar-refractivity contribution in [2.45, 2.75) is 32.7 Å². The average molecular weight is 405 g/mol. The fraction of sp³-hybridized carbons (Fsp3) is 0.474. The molecule has 0 bridgehead atoms. The molecule has 1 N–H and O–H groups in total. The van der Waals surface area contributed by atoms with Crippen molar-refractivity contribution in [1.82, 2.24) is 29.9 Å². The predicted octanol–water partition coefficient (Wildman–Crippen LogP) is 2.60. The quantitative estimate of drug-likeness (QED) is 0.721. The number of carbonyl (C=O) groups is 1. The van der Waals surface area contributed by atoms with Crippen molar-refractivity contribution < 1.29 is 9.32 Å². The molecule has 8 nitrogen and oxygen atoms in total. The molecule has 1 unspecified atom stereocenters. The van der Waals surface area contributed by atoms with E-state index >= 15 is 0 Å². The number of amides is 1. The molecular weight excluding hydrogens is 380 g/mol. The van der Waals surface area contributed by atoms with E-state index < -0.39 is 0 Å². The van der Waals surface area contributed by atoms with Crippen molar-refractivity contribution >= 4 is 29.4 Å². The molecule has 150 valence electrons. The lowest BCUT2D eigenvalue weighted by Crippen LogP contribution is -2.49. The van der Waals surface area contributed by atoms with E-state index in [1.54, 1.807) is 6.20 Å². The number of piperazine rings is 1. The standard InChI is InChI=1S/C19H24N6O2.ClH/c1-11(2)14-9-13(16-12(3)23-27-18(16)22-14)19(26)25-8-5-20-10-15(25)17-21-6-7-24(17)4;/h6-7,9,11,15,20H,5,8,10H2,1-4H3;1H. The van der Waals surface area contributed by atoms with Crippen molar-refractivity contribution in [3.05, 3.63) is 41.2 Å². The number of hydrogen-bond donors (Lipinski definition) is 1. The number of rotatable bonds is 3. The first-order valence-electron chi connectivity index (χ1n) is 9.23. The molecule has 0 spiro atoms. The molecule has 1 saturated heterocycles. The first kappa shape index (κ1) is 20.3. The Balaban J connectivity index is 0.00000225. The molecule has 1 fully saturated rings. The van der Waals surface area contributed by atoms with Crippen LogP contribution in [0.2, 0.25) is 0 Å². The minimum Gasteiger partial charge on any atom is -0.336 e. The van der Waals surface area contributed by atoms with Crippen LogP contribution in [0.3, 0.4) is 0 Å². The summed E-state index contributed by atoms with van der Waals surface area (Å²) >= 11 is 0. The van der Waals surface area contributed by atoms with Gasteiger partial charge >= 0.3 is 0 Å². The van der Waals surface area contributed by atoms with E-state index in [1.807, 2.05) is 49.5 Å². The highest BCUT2D eigenvalue weighted by molar-refractivity contribution is 6.06. The van der Waals surface area contributed by atoms with Crippen LogP contribution in [-0.2, 0) is 7.05 Å². The van der Waals surface area contributed by atoms with Gasteiger partial charge in [0.1, 0.15) is 11.9 Å². The van der Waals surface area contributed by atoms with E-state index in [4.69, 9.17) is 4.52 Å². The molecule has 1 aliphatic rings. The van der Waals surface area contributed by atoms with Gasteiger partial charge < -0.3 is 19.3 Å². The summed E-state index contributed by atoms with van der Waals surface area (Å²) in [6.45, 7) is 7.97. The Labute approximate surface area is 169 Å². The smallest absolute Gasteiger partial charge is 0.259 e. The molecule has 0 radical (unpaired) electrons. The lowest BCUT2D eigenvalue weighted by Gasteiger charge is -2.36. The van der Waals surface area contributed by atoms with E-state index in [1.165, 1.54) is 0 Å². The van der Waals surface area contributed by atoms with E-state index in [9.17, 15) is 4.79 Å². The highest BCUT2D eigenvalue weighted by atomic mass is 35.5. The van der Waals surface area contributed by atoms with Crippen molar-refractivity contribution in [2.75, 3.05) is 19.6 Å². The van der Waals surface area contributed by atoms with Gasteiger partial charge in [-0.1, -0.05) is 19.0 Å². The molecule has 4 heterocycles. The number of halogens is 1. The van der Waals surface area contributed by atoms with E-state index in [2.05, 4.69) is 20.4 Å². The number of pyridine rings is 1. The van der Waals surface area contributed by atoms with Crippen LogP contribution in [0.4, 0.5) is 0 Å². The topological polar surface area (TPSA) is 89.1 Å². The van der Waals surface area contributed by atoms with Crippen LogP contribution in [0, 0.1) is 6.92 Å². The average Bonchev–Trinajstić information content (AvgIpc) is 3.26. The van der Waals surface area contributed by atoms with Crippen molar-refractivity contribution in [2.24, 2.45) is 7.05 Å². The first-order chi connectivity index (χ1) is 13.0. The minimum atomic E-state index is -0.128. The van der Waals surface area contributed by atoms with Crippen LogP contribution in [0.15, 0.2) is 23.0 Å². The molecule has 9 heteroatoms. The van der Waals surface area contributed by atoms with Gasteiger partial charge in [0.05, 0.1) is 16.6 Å². The predicted molar refractivity (Wildman–Crippen MR) is 108 cm³/mol. The van der Waals surface area contributed by atoms with Gasteiger partial charge in [-0.25, -0.2) is 9.97 Å². The summed E-state index contributed by atoms with van der Waals surface area (Å²) in [5.74, 6) is 1.01. The Morgan fingerprint density at radius 1 is 1.39 bits per heavy atom. The van der Waals surface area contributed by atoms with Gasteiger partial charge in [0.25, 0.3) is 11.6 Å². The van der Waals surface area contributed by atoms with Gasteiger partial charge in [0, 0.05) is 44.8 Å². The number of imidazole rings is 1. The van der Waals surface area contributed by atoms with Gasteiger partial charge in [0.15, 0.2) is 0 Å². The van der Waals surface area contributed by atoms with Crippen molar-refractivity contribution in [3.8, 4) is 0 Å². The second kappa shape index (κ2) is 7.89. The molecule has 1 atom stereocenters. The Kier molecular flexibility index (Phi) is 5.71. The zero-order valence-electron chi connectivity index (χ0n) is 16.5. The maximum Gasteiger partial charge on any atom is 0.259 e. The Morgan fingerprint density at radius 3 is 2.86 bits per heavy atom. The Hall–Kier alpha value is -2.45. The molecule has 1 aliphatic heterocycles. The molecule has 3 aromatic heterocycles. The summed E-state index contributed by atoms with van der Waals surface area (Å²) in [6, 6.07) is 1.76. The third-order valence-electron chi connectivity index (χ3n) is 5.12. The normalized spacial score (nSPS) is 17.2. The highest BCUT2D eigenvalue weighted by Crippen LogP contribution is 2.29. The van der Waals surface area contributed by atoms with Crippen molar-refractivity contribution in [1.29, 1.82) is 0 Å². The summed E-state index contributed by atoms with van der Waals surface area (Å²) < 4.78 is 7.34. The summed E-state index contributed by atoms with van der Waals surface area (Å²) in [7, 11) is 1.95. The van der Waals surface area contributed by atoms with Gasteiger partial charge in [-0.2, -0.15) is 0 Å². The molecule has 0 aliphatic carbocycles. The van der Waals surface area contributed by atoms with Crippen LogP contribution in [-0.4, -0.2) is 50.1 Å². The van der Waals surface area contributed by atoms with Crippen LogP contribution in [0.25, 0.3) is 11.1 Å². The van der Waals surface area contributed by atoms with Gasteiger partial charge in [-0.15, -0.1) is 12.4 Å². The second-order valence-electron chi connectivity index (χ2n) is 7.31. The highest BCUT2D eigenvalue weighted by Gasteiger charge is 2.33. The van der Waals surface area contributed by atoms with E-state index in [0.29, 0.717) is 35.4 Å². The number of carbonyl (C=O) groups excluding carboxylic acids is 1.